The second-order valence-electron chi connectivity index (χ2n) is 4.36. The number of rotatable bonds is 5. The molecule has 3 nitrogen and oxygen atoms in total. The van der Waals surface area contributed by atoms with Gasteiger partial charge >= 0.3 is 0 Å². The van der Waals surface area contributed by atoms with E-state index in [9.17, 15) is 4.79 Å². The van der Waals surface area contributed by atoms with Crippen LogP contribution in [0.4, 0.5) is 0 Å². The lowest BCUT2D eigenvalue weighted by atomic mass is 10.1. The van der Waals surface area contributed by atoms with Crippen molar-refractivity contribution in [2.75, 3.05) is 13.7 Å². The van der Waals surface area contributed by atoms with Gasteiger partial charge in [-0.25, -0.2) is 0 Å². The third-order valence-corrected chi connectivity index (χ3v) is 2.17. The molecule has 1 atom stereocenters. The van der Waals surface area contributed by atoms with Crippen LogP contribution in [-0.4, -0.2) is 36.6 Å². The number of amides is 1. The normalized spacial score (nSPS) is 13.4. The highest BCUT2D eigenvalue weighted by atomic mass is 16.5. The molecule has 0 aliphatic heterocycles. The van der Waals surface area contributed by atoms with Crippen molar-refractivity contribution in [3.63, 3.8) is 0 Å². The van der Waals surface area contributed by atoms with Crippen LogP contribution >= 0.6 is 0 Å². The summed E-state index contributed by atoms with van der Waals surface area (Å²) in [5, 5.41) is 0. The van der Waals surface area contributed by atoms with Crippen LogP contribution in [0.15, 0.2) is 0 Å². The Morgan fingerprint density at radius 1 is 1.21 bits per heavy atom. The summed E-state index contributed by atoms with van der Waals surface area (Å²) < 4.78 is 5.03. The van der Waals surface area contributed by atoms with Crippen molar-refractivity contribution in [3.8, 4) is 0 Å². The zero-order chi connectivity index (χ0) is 11.3. The topological polar surface area (TPSA) is 29.5 Å². The highest BCUT2D eigenvalue weighted by Crippen LogP contribution is 2.07. The van der Waals surface area contributed by atoms with Gasteiger partial charge in [0.1, 0.15) is 6.10 Å². The Morgan fingerprint density at radius 3 is 2.00 bits per heavy atom. The Morgan fingerprint density at radius 2 is 1.71 bits per heavy atom. The minimum absolute atomic E-state index is 0.0798. The number of carbonyl (C=O) groups is 1. The summed E-state index contributed by atoms with van der Waals surface area (Å²) in [6, 6.07) is 0.238. The monoisotopic (exact) mass is 201 g/mol. The first-order valence-corrected chi connectivity index (χ1v) is 5.23. The molecule has 0 saturated carbocycles. The van der Waals surface area contributed by atoms with Gasteiger partial charge in [-0.2, -0.15) is 0 Å². The molecule has 0 fully saturated rings. The van der Waals surface area contributed by atoms with Gasteiger partial charge in [-0.05, 0) is 26.7 Å². The first-order chi connectivity index (χ1) is 6.40. The van der Waals surface area contributed by atoms with E-state index in [0.29, 0.717) is 5.92 Å². The van der Waals surface area contributed by atoms with Gasteiger partial charge in [0.15, 0.2) is 0 Å². The molecule has 0 spiro atoms. The molecule has 14 heavy (non-hydrogen) atoms. The van der Waals surface area contributed by atoms with E-state index in [4.69, 9.17) is 4.74 Å². The molecule has 0 radical (unpaired) electrons. The van der Waals surface area contributed by atoms with E-state index in [2.05, 4.69) is 13.8 Å². The van der Waals surface area contributed by atoms with Gasteiger partial charge < -0.3 is 9.64 Å². The van der Waals surface area contributed by atoms with Gasteiger partial charge in [0, 0.05) is 19.7 Å². The second-order valence-corrected chi connectivity index (χ2v) is 4.36. The van der Waals surface area contributed by atoms with Crippen LogP contribution in [0.5, 0.6) is 0 Å². The molecule has 0 aromatic carbocycles. The van der Waals surface area contributed by atoms with Gasteiger partial charge in [0.05, 0.1) is 0 Å². The lowest BCUT2D eigenvalue weighted by molar-refractivity contribution is -0.143. The number of nitrogens with zero attached hydrogens (tertiary/aromatic N) is 1. The van der Waals surface area contributed by atoms with E-state index in [0.717, 1.165) is 6.54 Å². The number of hydrogen-bond donors (Lipinski definition) is 0. The molecule has 0 saturated heterocycles. The van der Waals surface area contributed by atoms with Crippen LogP contribution < -0.4 is 0 Å². The van der Waals surface area contributed by atoms with Gasteiger partial charge in [0.2, 0.25) is 0 Å². The summed E-state index contributed by atoms with van der Waals surface area (Å²) in [4.78, 5) is 13.7. The van der Waals surface area contributed by atoms with Gasteiger partial charge in [-0.3, -0.25) is 4.79 Å². The molecular weight excluding hydrogens is 178 g/mol. The molecule has 0 aromatic rings. The van der Waals surface area contributed by atoms with Crippen LogP contribution in [0.1, 0.15) is 34.6 Å². The highest BCUT2D eigenvalue weighted by Gasteiger charge is 2.22. The predicted octanol–water partition coefficient (Wildman–Crippen LogP) is 1.91. The summed E-state index contributed by atoms with van der Waals surface area (Å²) in [7, 11) is 1.57. The van der Waals surface area contributed by atoms with E-state index in [-0.39, 0.29) is 18.1 Å². The van der Waals surface area contributed by atoms with Gasteiger partial charge in [-0.1, -0.05) is 13.8 Å². The van der Waals surface area contributed by atoms with E-state index in [1.165, 1.54) is 0 Å². The maximum absolute atomic E-state index is 11.9. The fourth-order valence-corrected chi connectivity index (χ4v) is 1.28. The standard InChI is InChI=1S/C11H23NO2/c1-8(2)7-12(9(3)4)11(13)10(5)14-6/h8-10H,7H2,1-6H3. The molecule has 0 aliphatic carbocycles. The molecule has 1 amide bonds. The SMILES string of the molecule is COC(C)C(=O)N(CC(C)C)C(C)C. The zero-order valence-corrected chi connectivity index (χ0v) is 10.2. The predicted molar refractivity (Wildman–Crippen MR) is 58.2 cm³/mol. The summed E-state index contributed by atoms with van der Waals surface area (Å²) in [5.74, 6) is 0.571. The van der Waals surface area contributed by atoms with Crippen LogP contribution in [-0.2, 0) is 9.53 Å². The Balaban J connectivity index is 4.41. The van der Waals surface area contributed by atoms with E-state index in [1.807, 2.05) is 18.7 Å². The average Bonchev–Trinajstić information content (AvgIpc) is 2.11. The van der Waals surface area contributed by atoms with E-state index < -0.39 is 0 Å². The zero-order valence-electron chi connectivity index (χ0n) is 10.2. The Labute approximate surface area is 87.4 Å². The van der Waals surface area contributed by atoms with Crippen molar-refractivity contribution in [1.82, 2.24) is 4.90 Å². The van der Waals surface area contributed by atoms with Crippen LogP contribution in [0.25, 0.3) is 0 Å². The maximum Gasteiger partial charge on any atom is 0.251 e. The third kappa shape index (κ3) is 4.09. The number of carbonyl (C=O) groups excluding carboxylic acids is 1. The number of ether oxygens (including phenoxy) is 1. The van der Waals surface area contributed by atoms with Gasteiger partial charge in [0.25, 0.3) is 5.91 Å². The number of methoxy groups -OCH3 is 1. The van der Waals surface area contributed by atoms with E-state index >= 15 is 0 Å². The van der Waals surface area contributed by atoms with Crippen molar-refractivity contribution in [2.24, 2.45) is 5.92 Å². The highest BCUT2D eigenvalue weighted by molar-refractivity contribution is 5.80. The first-order valence-electron chi connectivity index (χ1n) is 5.23. The molecule has 1 unspecified atom stereocenters. The van der Waals surface area contributed by atoms with Crippen molar-refractivity contribution < 1.29 is 9.53 Å². The lowest BCUT2D eigenvalue weighted by Crippen LogP contribution is -2.44. The third-order valence-electron chi connectivity index (χ3n) is 2.17. The largest absolute Gasteiger partial charge is 0.372 e. The Hall–Kier alpha value is -0.570. The lowest BCUT2D eigenvalue weighted by Gasteiger charge is -2.30. The molecule has 0 heterocycles. The number of hydrogen-bond acceptors (Lipinski definition) is 2. The van der Waals surface area contributed by atoms with Crippen LogP contribution in [0, 0.1) is 5.92 Å². The summed E-state index contributed by atoms with van der Waals surface area (Å²) >= 11 is 0. The smallest absolute Gasteiger partial charge is 0.251 e. The molecule has 0 N–H and O–H groups in total. The van der Waals surface area contributed by atoms with Crippen molar-refractivity contribution in [2.45, 2.75) is 46.8 Å². The Kier molecular flexibility index (Phi) is 5.77. The second kappa shape index (κ2) is 6.02. The minimum atomic E-state index is -0.337. The maximum atomic E-state index is 11.9. The minimum Gasteiger partial charge on any atom is -0.372 e. The van der Waals surface area contributed by atoms with E-state index in [1.54, 1.807) is 14.0 Å². The molecule has 3 heteroatoms. The van der Waals surface area contributed by atoms with Gasteiger partial charge in [-0.15, -0.1) is 0 Å². The molecule has 0 bridgehead atoms. The average molecular weight is 201 g/mol. The first kappa shape index (κ1) is 13.4. The summed E-state index contributed by atoms with van der Waals surface area (Å²) in [6.07, 6.45) is -0.337. The van der Waals surface area contributed by atoms with Crippen LogP contribution in [0.2, 0.25) is 0 Å². The summed E-state index contributed by atoms with van der Waals surface area (Å²) in [5.41, 5.74) is 0. The van der Waals surface area contributed by atoms with Crippen molar-refractivity contribution in [1.29, 1.82) is 0 Å². The Bertz CT molecular complexity index is 178. The molecular formula is C11H23NO2. The van der Waals surface area contributed by atoms with Crippen LogP contribution in [0.3, 0.4) is 0 Å². The molecule has 0 aromatic heterocycles. The molecule has 0 aliphatic rings. The van der Waals surface area contributed by atoms with Crippen molar-refractivity contribution in [3.05, 3.63) is 0 Å². The van der Waals surface area contributed by atoms with Crippen molar-refractivity contribution >= 4 is 5.91 Å². The molecule has 0 rings (SSSR count). The fourth-order valence-electron chi connectivity index (χ4n) is 1.28. The molecule has 84 valence electrons. The fraction of sp³-hybridized carbons (Fsp3) is 0.909. The summed E-state index contributed by atoms with van der Waals surface area (Å²) in [6.45, 7) is 10.9. The quantitative estimate of drug-likeness (QED) is 0.680.